The third kappa shape index (κ3) is 4.70. The Morgan fingerprint density at radius 1 is 1.26 bits per heavy atom. The van der Waals surface area contributed by atoms with Gasteiger partial charge in [-0.3, -0.25) is 4.79 Å². The molecular formula is C13H24N2O4. The average molecular weight is 272 g/mol. The molecule has 1 fully saturated rings. The standard InChI is InChI=1S/C13H24N2O4/c1-10(15-12(17)19-3)11(16)14-8-13(9-18-2)6-4-5-7-13/h10H,4-9H2,1-3H3,(H,14,16)(H,15,17)/t10-/m1/s1. The minimum atomic E-state index is -0.603. The summed E-state index contributed by atoms with van der Waals surface area (Å²) in [6.45, 7) is 2.88. The number of carbonyl (C=O) groups is 2. The minimum Gasteiger partial charge on any atom is -0.453 e. The van der Waals surface area contributed by atoms with Crippen molar-refractivity contribution in [3.05, 3.63) is 0 Å². The first-order valence-electron chi connectivity index (χ1n) is 6.64. The molecule has 0 aliphatic heterocycles. The summed E-state index contributed by atoms with van der Waals surface area (Å²) in [5.74, 6) is -0.201. The van der Waals surface area contributed by atoms with Crippen molar-refractivity contribution in [1.29, 1.82) is 0 Å². The number of ether oxygens (including phenoxy) is 2. The summed E-state index contributed by atoms with van der Waals surface area (Å²) in [7, 11) is 2.95. The zero-order chi connectivity index (χ0) is 14.3. The van der Waals surface area contributed by atoms with E-state index in [4.69, 9.17) is 4.74 Å². The van der Waals surface area contributed by atoms with Gasteiger partial charge in [-0.1, -0.05) is 12.8 Å². The molecule has 0 aromatic carbocycles. The van der Waals surface area contributed by atoms with Crippen molar-refractivity contribution in [3.8, 4) is 0 Å². The number of hydrogen-bond donors (Lipinski definition) is 2. The van der Waals surface area contributed by atoms with E-state index in [1.807, 2.05) is 0 Å². The molecule has 1 saturated carbocycles. The van der Waals surface area contributed by atoms with E-state index in [-0.39, 0.29) is 11.3 Å². The zero-order valence-electron chi connectivity index (χ0n) is 12.0. The monoisotopic (exact) mass is 272 g/mol. The van der Waals surface area contributed by atoms with Crippen LogP contribution in [0.25, 0.3) is 0 Å². The second-order valence-corrected chi connectivity index (χ2v) is 5.22. The molecule has 0 radical (unpaired) electrons. The number of alkyl carbamates (subject to hydrolysis) is 1. The molecular weight excluding hydrogens is 248 g/mol. The van der Waals surface area contributed by atoms with Crippen LogP contribution in [0, 0.1) is 5.41 Å². The Kier molecular flexibility index (Phi) is 6.08. The van der Waals surface area contributed by atoms with Gasteiger partial charge in [0, 0.05) is 19.1 Å². The van der Waals surface area contributed by atoms with Crippen LogP contribution in [0.1, 0.15) is 32.6 Å². The van der Waals surface area contributed by atoms with Crippen LogP contribution >= 0.6 is 0 Å². The predicted molar refractivity (Wildman–Crippen MR) is 70.8 cm³/mol. The number of methoxy groups -OCH3 is 2. The summed E-state index contributed by atoms with van der Waals surface area (Å²) in [4.78, 5) is 22.9. The summed E-state index contributed by atoms with van der Waals surface area (Å²) in [5.41, 5.74) is 0.0510. The topological polar surface area (TPSA) is 76.7 Å². The van der Waals surface area contributed by atoms with Gasteiger partial charge in [-0.05, 0) is 19.8 Å². The highest BCUT2D eigenvalue weighted by Gasteiger charge is 2.34. The van der Waals surface area contributed by atoms with E-state index in [1.165, 1.54) is 20.0 Å². The lowest BCUT2D eigenvalue weighted by Gasteiger charge is -2.29. The molecule has 0 aromatic heterocycles. The minimum absolute atomic E-state index is 0.0510. The quantitative estimate of drug-likeness (QED) is 0.758. The Bertz CT molecular complexity index is 314. The molecule has 1 rings (SSSR count). The van der Waals surface area contributed by atoms with Crippen molar-refractivity contribution in [2.75, 3.05) is 27.4 Å². The highest BCUT2D eigenvalue weighted by Crippen LogP contribution is 2.37. The van der Waals surface area contributed by atoms with Crippen LogP contribution in [0.2, 0.25) is 0 Å². The van der Waals surface area contributed by atoms with Gasteiger partial charge in [0.1, 0.15) is 6.04 Å². The van der Waals surface area contributed by atoms with Crippen LogP contribution in [-0.2, 0) is 14.3 Å². The van der Waals surface area contributed by atoms with Crippen molar-refractivity contribution in [2.45, 2.75) is 38.6 Å². The predicted octanol–water partition coefficient (Wildman–Crippen LogP) is 1.05. The van der Waals surface area contributed by atoms with E-state index in [2.05, 4.69) is 15.4 Å². The second-order valence-electron chi connectivity index (χ2n) is 5.22. The third-order valence-electron chi connectivity index (χ3n) is 3.67. The van der Waals surface area contributed by atoms with Gasteiger partial charge in [-0.25, -0.2) is 4.79 Å². The molecule has 1 aliphatic rings. The molecule has 0 heterocycles. The van der Waals surface area contributed by atoms with E-state index in [0.29, 0.717) is 13.2 Å². The molecule has 0 saturated heterocycles. The highest BCUT2D eigenvalue weighted by molar-refractivity contribution is 5.85. The first kappa shape index (κ1) is 15.8. The summed E-state index contributed by atoms with van der Waals surface area (Å²) in [6.07, 6.45) is 3.89. The number of nitrogens with one attached hydrogen (secondary N) is 2. The van der Waals surface area contributed by atoms with E-state index in [1.54, 1.807) is 14.0 Å². The van der Waals surface area contributed by atoms with Gasteiger partial charge in [-0.15, -0.1) is 0 Å². The summed E-state index contributed by atoms with van der Waals surface area (Å²) in [6, 6.07) is -0.603. The van der Waals surface area contributed by atoms with Crippen LogP contribution in [-0.4, -0.2) is 45.4 Å². The molecule has 0 spiro atoms. The average Bonchev–Trinajstić information content (AvgIpc) is 2.85. The molecule has 6 heteroatoms. The van der Waals surface area contributed by atoms with Crippen LogP contribution in [0.4, 0.5) is 4.79 Å². The number of amides is 2. The summed E-state index contributed by atoms with van der Waals surface area (Å²) >= 11 is 0. The van der Waals surface area contributed by atoms with Gasteiger partial charge < -0.3 is 20.1 Å². The van der Waals surface area contributed by atoms with E-state index in [0.717, 1.165) is 12.8 Å². The normalized spacial score (nSPS) is 18.7. The van der Waals surface area contributed by atoms with Crippen molar-refractivity contribution < 1.29 is 19.1 Å². The van der Waals surface area contributed by atoms with Crippen LogP contribution in [0.15, 0.2) is 0 Å². The molecule has 0 aromatic rings. The highest BCUT2D eigenvalue weighted by atomic mass is 16.5. The lowest BCUT2D eigenvalue weighted by atomic mass is 9.87. The molecule has 110 valence electrons. The van der Waals surface area contributed by atoms with Gasteiger partial charge in [0.25, 0.3) is 0 Å². The Morgan fingerprint density at radius 3 is 2.42 bits per heavy atom. The van der Waals surface area contributed by atoms with Crippen molar-refractivity contribution in [2.24, 2.45) is 5.41 Å². The zero-order valence-corrected chi connectivity index (χ0v) is 12.0. The van der Waals surface area contributed by atoms with Crippen molar-refractivity contribution in [1.82, 2.24) is 10.6 Å². The van der Waals surface area contributed by atoms with Crippen molar-refractivity contribution in [3.63, 3.8) is 0 Å². The van der Waals surface area contributed by atoms with Crippen molar-refractivity contribution >= 4 is 12.0 Å². The van der Waals surface area contributed by atoms with E-state index >= 15 is 0 Å². The van der Waals surface area contributed by atoms with Crippen LogP contribution in [0.3, 0.4) is 0 Å². The summed E-state index contributed by atoms with van der Waals surface area (Å²) in [5, 5.41) is 5.34. The van der Waals surface area contributed by atoms with E-state index < -0.39 is 12.1 Å². The van der Waals surface area contributed by atoms with Gasteiger partial charge in [0.05, 0.1) is 13.7 Å². The lowest BCUT2D eigenvalue weighted by molar-refractivity contribution is -0.123. The Balaban J connectivity index is 2.41. The molecule has 1 aliphatic carbocycles. The molecule has 2 amide bonds. The third-order valence-corrected chi connectivity index (χ3v) is 3.67. The molecule has 6 nitrogen and oxygen atoms in total. The number of rotatable bonds is 6. The summed E-state index contributed by atoms with van der Waals surface area (Å²) < 4.78 is 9.72. The van der Waals surface area contributed by atoms with Crippen LogP contribution < -0.4 is 10.6 Å². The largest absolute Gasteiger partial charge is 0.453 e. The first-order valence-corrected chi connectivity index (χ1v) is 6.64. The molecule has 0 bridgehead atoms. The lowest BCUT2D eigenvalue weighted by Crippen LogP contribution is -2.48. The molecule has 19 heavy (non-hydrogen) atoms. The first-order chi connectivity index (χ1) is 9.03. The second kappa shape index (κ2) is 7.33. The maximum absolute atomic E-state index is 11.9. The molecule has 1 atom stereocenters. The number of carbonyl (C=O) groups excluding carboxylic acids is 2. The fourth-order valence-corrected chi connectivity index (χ4v) is 2.53. The Morgan fingerprint density at radius 2 is 1.89 bits per heavy atom. The van der Waals surface area contributed by atoms with Crippen LogP contribution in [0.5, 0.6) is 0 Å². The Labute approximate surface area is 114 Å². The maximum Gasteiger partial charge on any atom is 0.407 e. The van der Waals surface area contributed by atoms with Gasteiger partial charge >= 0.3 is 6.09 Å². The number of hydrogen-bond acceptors (Lipinski definition) is 4. The molecule has 2 N–H and O–H groups in total. The Hall–Kier alpha value is -1.30. The van der Waals surface area contributed by atoms with Gasteiger partial charge in [0.2, 0.25) is 5.91 Å². The van der Waals surface area contributed by atoms with Gasteiger partial charge in [0.15, 0.2) is 0 Å². The smallest absolute Gasteiger partial charge is 0.407 e. The maximum atomic E-state index is 11.9. The SMILES string of the molecule is COCC1(CNC(=O)[C@@H](C)NC(=O)OC)CCCC1. The van der Waals surface area contributed by atoms with E-state index in [9.17, 15) is 9.59 Å². The fourth-order valence-electron chi connectivity index (χ4n) is 2.53. The van der Waals surface area contributed by atoms with Gasteiger partial charge in [-0.2, -0.15) is 0 Å². The molecule has 0 unspecified atom stereocenters. The fraction of sp³-hybridized carbons (Fsp3) is 0.846.